The Morgan fingerprint density at radius 1 is 1.25 bits per heavy atom. The third kappa shape index (κ3) is 2.50. The molecule has 0 aliphatic heterocycles. The van der Waals surface area contributed by atoms with E-state index in [0.29, 0.717) is 11.4 Å². The summed E-state index contributed by atoms with van der Waals surface area (Å²) < 4.78 is 0.777. The van der Waals surface area contributed by atoms with Crippen LogP contribution in [0, 0.1) is 11.3 Å². The Morgan fingerprint density at radius 2 is 1.94 bits per heavy atom. The Labute approximate surface area is 103 Å². The molecule has 2 rings (SSSR count). The van der Waals surface area contributed by atoms with Gasteiger partial charge in [-0.3, -0.25) is 0 Å². The zero-order chi connectivity index (χ0) is 12.1. The Morgan fingerprint density at radius 3 is 2.56 bits per heavy atom. The molecule has 16 heavy (non-hydrogen) atoms. The van der Waals surface area contributed by atoms with Gasteiger partial charge in [0.1, 0.15) is 11.9 Å². The lowest BCUT2D eigenvalue weighted by Gasteiger charge is -2.01. The van der Waals surface area contributed by atoms with Crippen molar-refractivity contribution in [3.05, 3.63) is 34.4 Å². The minimum absolute atomic E-state index is 0.462. The van der Waals surface area contributed by atoms with Gasteiger partial charge in [0.25, 0.3) is 0 Å². The molecule has 1 aromatic heterocycles. The second kappa shape index (κ2) is 5.47. The number of rotatable bonds is 0. The summed E-state index contributed by atoms with van der Waals surface area (Å²) >= 11 is 3.31. The van der Waals surface area contributed by atoms with Gasteiger partial charge >= 0.3 is 0 Å². The molecule has 0 aliphatic carbocycles. The summed E-state index contributed by atoms with van der Waals surface area (Å²) in [4.78, 5) is 3.98. The van der Waals surface area contributed by atoms with E-state index >= 15 is 0 Å². The predicted octanol–water partition coefficient (Wildman–Crippen LogP) is 3.48. The average molecular weight is 278 g/mol. The molecule has 0 unspecified atom stereocenters. The van der Waals surface area contributed by atoms with Crippen LogP contribution in [0.2, 0.25) is 0 Å². The minimum atomic E-state index is 0.462. The summed E-state index contributed by atoms with van der Waals surface area (Å²) in [5, 5.41) is 10.7. The number of pyridine rings is 1. The fraction of sp³-hybridized carbons (Fsp3) is 0.167. The summed E-state index contributed by atoms with van der Waals surface area (Å²) in [6.07, 6.45) is 1.69. The second-order valence-electron chi connectivity index (χ2n) is 2.90. The van der Waals surface area contributed by atoms with E-state index in [-0.39, 0.29) is 0 Å². The molecular weight excluding hydrogens is 266 g/mol. The molecule has 0 spiro atoms. The lowest BCUT2D eigenvalue weighted by atomic mass is 10.1. The molecule has 0 aliphatic rings. The maximum Gasteiger partial charge on any atom is 0.123 e. The van der Waals surface area contributed by atoms with Crippen molar-refractivity contribution in [3.63, 3.8) is 0 Å². The van der Waals surface area contributed by atoms with E-state index in [4.69, 9.17) is 11.0 Å². The first-order chi connectivity index (χ1) is 7.70. The Kier molecular flexibility index (Phi) is 4.27. The van der Waals surface area contributed by atoms with Crippen molar-refractivity contribution in [3.8, 4) is 6.07 Å². The maximum absolute atomic E-state index is 8.82. The highest BCUT2D eigenvalue weighted by molar-refractivity contribution is 9.10. The molecule has 82 valence electrons. The van der Waals surface area contributed by atoms with E-state index in [0.717, 1.165) is 15.2 Å². The van der Waals surface area contributed by atoms with Gasteiger partial charge < -0.3 is 5.73 Å². The van der Waals surface area contributed by atoms with Crippen LogP contribution in [0.15, 0.2) is 28.9 Å². The lowest BCUT2D eigenvalue weighted by molar-refractivity contribution is 1.36. The molecule has 3 nitrogen and oxygen atoms in total. The van der Waals surface area contributed by atoms with E-state index in [1.165, 1.54) is 0 Å². The van der Waals surface area contributed by atoms with Crippen molar-refractivity contribution in [1.82, 2.24) is 4.98 Å². The quantitative estimate of drug-likeness (QED) is 0.802. The summed E-state index contributed by atoms with van der Waals surface area (Å²) in [7, 11) is 0. The summed E-state index contributed by atoms with van der Waals surface area (Å²) in [5.41, 5.74) is 6.15. The highest BCUT2D eigenvalue weighted by Crippen LogP contribution is 2.24. The Hall–Kier alpha value is -1.60. The molecule has 0 fully saturated rings. The zero-order valence-electron chi connectivity index (χ0n) is 9.16. The number of aromatic nitrogens is 1. The van der Waals surface area contributed by atoms with Crippen molar-refractivity contribution >= 4 is 32.5 Å². The van der Waals surface area contributed by atoms with Crippen LogP contribution >= 0.6 is 15.9 Å². The Bertz CT molecular complexity index is 544. The number of hydrogen-bond acceptors (Lipinski definition) is 3. The van der Waals surface area contributed by atoms with Gasteiger partial charge in [0.05, 0.1) is 5.56 Å². The highest BCUT2D eigenvalue weighted by Gasteiger charge is 2.02. The van der Waals surface area contributed by atoms with Crippen LogP contribution in [-0.4, -0.2) is 4.98 Å². The van der Waals surface area contributed by atoms with Crippen LogP contribution in [0.3, 0.4) is 0 Å². The number of nitrogen functional groups attached to an aromatic ring is 1. The molecule has 2 N–H and O–H groups in total. The molecule has 0 atom stereocenters. The number of nitrogens with two attached hydrogens (primary N) is 1. The van der Waals surface area contributed by atoms with Crippen LogP contribution in [0.5, 0.6) is 0 Å². The van der Waals surface area contributed by atoms with Crippen LogP contribution in [0.1, 0.15) is 19.4 Å². The van der Waals surface area contributed by atoms with Crippen LogP contribution in [0.4, 0.5) is 5.82 Å². The number of nitriles is 1. The first-order valence-electron chi connectivity index (χ1n) is 4.95. The summed E-state index contributed by atoms with van der Waals surface area (Å²) in [6.45, 7) is 4.00. The third-order valence-electron chi connectivity index (χ3n) is 1.95. The van der Waals surface area contributed by atoms with E-state index in [1.807, 2.05) is 19.9 Å². The largest absolute Gasteiger partial charge is 0.384 e. The van der Waals surface area contributed by atoms with Gasteiger partial charge in [-0.2, -0.15) is 5.26 Å². The van der Waals surface area contributed by atoms with E-state index in [9.17, 15) is 0 Å². The molecule has 1 heterocycles. The van der Waals surface area contributed by atoms with Gasteiger partial charge in [0, 0.05) is 16.1 Å². The van der Waals surface area contributed by atoms with Crippen LogP contribution in [0.25, 0.3) is 10.8 Å². The normalized spacial score (nSPS) is 9.12. The molecule has 4 heteroatoms. The first kappa shape index (κ1) is 12.5. The van der Waals surface area contributed by atoms with Gasteiger partial charge in [-0.1, -0.05) is 13.8 Å². The lowest BCUT2D eigenvalue weighted by Crippen LogP contribution is -1.89. The highest BCUT2D eigenvalue weighted by atomic mass is 79.9. The standard InChI is InChI=1S/C10H6BrN3.C2H6/c11-9-2-8-5-14-10(13)3-6(8)1-7(9)4-12;1-2/h1-3,5H,(H2,13,14);1-2H3. The molecule has 0 bridgehead atoms. The molecule has 2 aromatic rings. The van der Waals surface area contributed by atoms with Crippen molar-refractivity contribution in [2.24, 2.45) is 0 Å². The van der Waals surface area contributed by atoms with Crippen LogP contribution in [-0.2, 0) is 0 Å². The molecule has 1 aromatic carbocycles. The number of fused-ring (bicyclic) bond motifs is 1. The van der Waals surface area contributed by atoms with Crippen LogP contribution < -0.4 is 5.73 Å². The molecule has 0 saturated carbocycles. The fourth-order valence-electron chi connectivity index (χ4n) is 1.27. The van der Waals surface area contributed by atoms with Gasteiger partial charge in [-0.05, 0) is 39.5 Å². The number of hydrogen-bond donors (Lipinski definition) is 1. The van der Waals surface area contributed by atoms with Gasteiger partial charge in [-0.15, -0.1) is 0 Å². The topological polar surface area (TPSA) is 62.7 Å². The number of anilines is 1. The van der Waals surface area contributed by atoms with Gasteiger partial charge in [0.2, 0.25) is 0 Å². The molecule has 0 amide bonds. The smallest absolute Gasteiger partial charge is 0.123 e. The molecule has 0 radical (unpaired) electrons. The van der Waals surface area contributed by atoms with E-state index < -0.39 is 0 Å². The van der Waals surface area contributed by atoms with E-state index in [1.54, 1.807) is 18.3 Å². The second-order valence-corrected chi connectivity index (χ2v) is 3.75. The Balaban J connectivity index is 0.000000606. The summed E-state index contributed by atoms with van der Waals surface area (Å²) in [5.74, 6) is 0.462. The fourth-order valence-corrected chi connectivity index (χ4v) is 1.72. The number of benzene rings is 1. The predicted molar refractivity (Wildman–Crippen MR) is 69.9 cm³/mol. The molecule has 0 saturated heterocycles. The monoisotopic (exact) mass is 277 g/mol. The number of nitrogens with zero attached hydrogens (tertiary/aromatic N) is 2. The maximum atomic E-state index is 8.82. The van der Waals surface area contributed by atoms with Crippen molar-refractivity contribution in [1.29, 1.82) is 5.26 Å². The first-order valence-corrected chi connectivity index (χ1v) is 5.75. The number of halogens is 1. The van der Waals surface area contributed by atoms with Crippen molar-refractivity contribution in [2.75, 3.05) is 5.73 Å². The third-order valence-corrected chi connectivity index (χ3v) is 2.61. The average Bonchev–Trinajstić information content (AvgIpc) is 2.31. The van der Waals surface area contributed by atoms with E-state index in [2.05, 4.69) is 27.0 Å². The minimum Gasteiger partial charge on any atom is -0.384 e. The van der Waals surface area contributed by atoms with Crippen molar-refractivity contribution < 1.29 is 0 Å². The zero-order valence-corrected chi connectivity index (χ0v) is 10.7. The summed E-state index contributed by atoms with van der Waals surface area (Å²) in [6, 6.07) is 7.50. The SMILES string of the molecule is CC.N#Cc1cc2cc(N)ncc2cc1Br. The van der Waals surface area contributed by atoms with Crippen molar-refractivity contribution in [2.45, 2.75) is 13.8 Å². The van der Waals surface area contributed by atoms with Gasteiger partial charge in [-0.25, -0.2) is 4.98 Å². The molecular formula is C12H12BrN3. The van der Waals surface area contributed by atoms with Gasteiger partial charge in [0.15, 0.2) is 0 Å².